The first kappa shape index (κ1) is 14.7. The van der Waals surface area contributed by atoms with Crippen LogP contribution in [0.3, 0.4) is 0 Å². The Kier molecular flexibility index (Phi) is 4.33. The van der Waals surface area contributed by atoms with E-state index in [1.54, 1.807) is 38.1 Å². The fourth-order valence-corrected chi connectivity index (χ4v) is 1.93. The van der Waals surface area contributed by atoms with Gasteiger partial charge in [-0.25, -0.2) is 4.39 Å². The van der Waals surface area contributed by atoms with E-state index in [0.717, 1.165) is 5.56 Å². The molecule has 1 amide bonds. The maximum Gasteiger partial charge on any atom is 0.255 e. The number of nitrogens with one attached hydrogen (secondary N) is 1. The van der Waals surface area contributed by atoms with Crippen molar-refractivity contribution in [3.05, 3.63) is 65.0 Å². The number of nitrogens with zero attached hydrogens (tertiary/aromatic N) is 1. The minimum Gasteiger partial charge on any atom is -0.411 e. The largest absolute Gasteiger partial charge is 0.411 e. The van der Waals surface area contributed by atoms with Gasteiger partial charge in [0.15, 0.2) is 0 Å². The van der Waals surface area contributed by atoms with E-state index >= 15 is 0 Å². The summed E-state index contributed by atoms with van der Waals surface area (Å²) in [4.78, 5) is 12.1. The van der Waals surface area contributed by atoms with Crippen molar-refractivity contribution in [2.24, 2.45) is 5.16 Å². The maximum atomic E-state index is 13.0. The van der Waals surface area contributed by atoms with Gasteiger partial charge in [-0.1, -0.05) is 17.3 Å². The number of aryl methyl sites for hydroxylation is 1. The zero-order valence-electron chi connectivity index (χ0n) is 11.7. The summed E-state index contributed by atoms with van der Waals surface area (Å²) in [5.74, 6) is -0.667. The smallest absolute Gasteiger partial charge is 0.255 e. The van der Waals surface area contributed by atoms with Crippen LogP contribution in [0.2, 0.25) is 0 Å². The lowest BCUT2D eigenvalue weighted by atomic mass is 10.1. The van der Waals surface area contributed by atoms with Gasteiger partial charge in [0.05, 0.1) is 5.71 Å². The molecule has 108 valence electrons. The van der Waals surface area contributed by atoms with E-state index in [4.69, 9.17) is 5.21 Å². The van der Waals surface area contributed by atoms with Crippen LogP contribution in [0.4, 0.5) is 10.1 Å². The fraction of sp³-hybridized carbons (Fsp3) is 0.125. The van der Waals surface area contributed by atoms with E-state index in [0.29, 0.717) is 22.5 Å². The molecule has 5 heteroatoms. The lowest BCUT2D eigenvalue weighted by Gasteiger charge is -2.08. The molecule has 0 aliphatic heterocycles. The van der Waals surface area contributed by atoms with Gasteiger partial charge in [-0.15, -0.1) is 0 Å². The van der Waals surface area contributed by atoms with Crippen molar-refractivity contribution in [1.82, 2.24) is 0 Å². The van der Waals surface area contributed by atoms with Crippen LogP contribution < -0.4 is 5.32 Å². The Bertz CT molecular complexity index is 694. The van der Waals surface area contributed by atoms with E-state index in [9.17, 15) is 9.18 Å². The Morgan fingerprint density at radius 1 is 1.19 bits per heavy atom. The Balaban J connectivity index is 2.16. The summed E-state index contributed by atoms with van der Waals surface area (Å²) < 4.78 is 13.0. The molecule has 0 saturated carbocycles. The number of oxime groups is 1. The van der Waals surface area contributed by atoms with Gasteiger partial charge >= 0.3 is 0 Å². The van der Waals surface area contributed by atoms with Crippen molar-refractivity contribution >= 4 is 17.3 Å². The van der Waals surface area contributed by atoms with Gasteiger partial charge in [0.2, 0.25) is 0 Å². The molecule has 0 saturated heterocycles. The molecular weight excluding hydrogens is 271 g/mol. The quantitative estimate of drug-likeness (QED) is 0.514. The van der Waals surface area contributed by atoms with E-state index in [1.807, 2.05) is 0 Å². The van der Waals surface area contributed by atoms with Crippen LogP contribution in [0.5, 0.6) is 0 Å². The van der Waals surface area contributed by atoms with E-state index in [-0.39, 0.29) is 11.7 Å². The van der Waals surface area contributed by atoms with E-state index < -0.39 is 0 Å². The Labute approximate surface area is 121 Å². The molecule has 0 unspecified atom stereocenters. The number of rotatable bonds is 3. The third-order valence-corrected chi connectivity index (χ3v) is 3.14. The standard InChI is InChI=1S/C16H15FN2O2/c1-10-9-13(17)5-8-15(10)16(20)18-14-6-3-12(4-7-14)11(2)19-21/h3-9,21H,1-2H3,(H,18,20)/b19-11-. The van der Waals surface area contributed by atoms with Gasteiger partial charge in [-0.2, -0.15) is 0 Å². The lowest BCUT2D eigenvalue weighted by Crippen LogP contribution is -2.13. The molecule has 2 aromatic rings. The fourth-order valence-electron chi connectivity index (χ4n) is 1.93. The summed E-state index contributed by atoms with van der Waals surface area (Å²) in [6.07, 6.45) is 0. The summed E-state index contributed by atoms with van der Waals surface area (Å²) >= 11 is 0. The molecule has 0 bridgehead atoms. The molecule has 0 aromatic heterocycles. The predicted octanol–water partition coefficient (Wildman–Crippen LogP) is 3.58. The molecule has 0 heterocycles. The molecule has 0 spiro atoms. The first-order valence-corrected chi connectivity index (χ1v) is 6.38. The zero-order valence-corrected chi connectivity index (χ0v) is 11.7. The highest BCUT2D eigenvalue weighted by Gasteiger charge is 2.10. The number of carbonyl (C=O) groups is 1. The van der Waals surface area contributed by atoms with Crippen molar-refractivity contribution in [1.29, 1.82) is 0 Å². The Morgan fingerprint density at radius 3 is 2.43 bits per heavy atom. The second-order valence-electron chi connectivity index (χ2n) is 4.68. The van der Waals surface area contributed by atoms with Crippen LogP contribution in [0.1, 0.15) is 28.4 Å². The molecular formula is C16H15FN2O2. The van der Waals surface area contributed by atoms with Gasteiger partial charge in [-0.05, 0) is 55.3 Å². The average Bonchev–Trinajstić information content (AvgIpc) is 2.47. The van der Waals surface area contributed by atoms with Crippen LogP contribution in [0.15, 0.2) is 47.6 Å². The molecule has 2 aromatic carbocycles. The molecule has 0 aliphatic rings. The van der Waals surface area contributed by atoms with Crippen molar-refractivity contribution < 1.29 is 14.4 Å². The summed E-state index contributed by atoms with van der Waals surface area (Å²) in [5, 5.41) is 14.5. The highest BCUT2D eigenvalue weighted by molar-refractivity contribution is 6.05. The summed E-state index contributed by atoms with van der Waals surface area (Å²) in [6.45, 7) is 3.36. The van der Waals surface area contributed by atoms with E-state index in [1.165, 1.54) is 18.2 Å². The van der Waals surface area contributed by atoms with Crippen LogP contribution >= 0.6 is 0 Å². The van der Waals surface area contributed by atoms with Crippen LogP contribution in [-0.2, 0) is 0 Å². The lowest BCUT2D eigenvalue weighted by molar-refractivity contribution is 0.102. The van der Waals surface area contributed by atoms with Crippen molar-refractivity contribution in [3.63, 3.8) is 0 Å². The third kappa shape index (κ3) is 3.45. The van der Waals surface area contributed by atoms with Crippen LogP contribution in [0, 0.1) is 12.7 Å². The summed E-state index contributed by atoms with van der Waals surface area (Å²) in [7, 11) is 0. The first-order chi connectivity index (χ1) is 10.0. The summed E-state index contributed by atoms with van der Waals surface area (Å²) in [6, 6.07) is 10.9. The SMILES string of the molecule is C/C(=N/O)c1ccc(NC(=O)c2ccc(F)cc2C)cc1. The number of amides is 1. The van der Waals surface area contributed by atoms with Crippen molar-refractivity contribution in [3.8, 4) is 0 Å². The minimum atomic E-state index is -0.368. The van der Waals surface area contributed by atoms with Crippen LogP contribution in [0.25, 0.3) is 0 Å². The highest BCUT2D eigenvalue weighted by Crippen LogP contribution is 2.15. The monoisotopic (exact) mass is 286 g/mol. The number of anilines is 1. The molecule has 0 atom stereocenters. The van der Waals surface area contributed by atoms with Crippen LogP contribution in [-0.4, -0.2) is 16.8 Å². The zero-order chi connectivity index (χ0) is 15.4. The second-order valence-corrected chi connectivity index (χ2v) is 4.68. The Hall–Kier alpha value is -2.69. The summed E-state index contributed by atoms with van der Waals surface area (Å²) in [5.41, 5.74) is 2.86. The molecule has 2 N–H and O–H groups in total. The van der Waals surface area contributed by atoms with Gasteiger partial charge in [0, 0.05) is 11.3 Å². The van der Waals surface area contributed by atoms with Gasteiger partial charge < -0.3 is 10.5 Å². The topological polar surface area (TPSA) is 61.7 Å². The normalized spacial score (nSPS) is 11.3. The molecule has 21 heavy (non-hydrogen) atoms. The highest BCUT2D eigenvalue weighted by atomic mass is 19.1. The maximum absolute atomic E-state index is 13.0. The molecule has 4 nitrogen and oxygen atoms in total. The molecule has 0 aliphatic carbocycles. The number of hydrogen-bond acceptors (Lipinski definition) is 3. The van der Waals surface area contributed by atoms with Gasteiger partial charge in [0.1, 0.15) is 5.82 Å². The molecule has 2 rings (SSSR count). The van der Waals surface area contributed by atoms with E-state index in [2.05, 4.69) is 10.5 Å². The molecule has 0 radical (unpaired) electrons. The third-order valence-electron chi connectivity index (χ3n) is 3.14. The number of benzene rings is 2. The van der Waals surface area contributed by atoms with Crippen molar-refractivity contribution in [2.45, 2.75) is 13.8 Å². The minimum absolute atomic E-state index is 0.298. The van der Waals surface area contributed by atoms with Gasteiger partial charge in [0.25, 0.3) is 5.91 Å². The first-order valence-electron chi connectivity index (χ1n) is 6.38. The van der Waals surface area contributed by atoms with Crippen molar-refractivity contribution in [2.75, 3.05) is 5.32 Å². The van der Waals surface area contributed by atoms with Gasteiger partial charge in [-0.3, -0.25) is 4.79 Å². The Morgan fingerprint density at radius 2 is 1.86 bits per heavy atom. The second kappa shape index (κ2) is 6.17. The average molecular weight is 286 g/mol. The number of carbonyl (C=O) groups excluding carboxylic acids is 1. The number of hydrogen-bond donors (Lipinski definition) is 2. The predicted molar refractivity (Wildman–Crippen MR) is 79.5 cm³/mol. The number of halogens is 1. The molecule has 0 fully saturated rings.